The second kappa shape index (κ2) is 5.75. The van der Waals surface area contributed by atoms with Crippen LogP contribution in [0.25, 0.3) is 0 Å². The van der Waals surface area contributed by atoms with Gasteiger partial charge in [0.1, 0.15) is 5.15 Å². The molecule has 0 spiro atoms. The van der Waals surface area contributed by atoms with Crippen molar-refractivity contribution < 1.29 is 9.59 Å². The quantitative estimate of drug-likeness (QED) is 0.846. The Balaban J connectivity index is 2.05. The number of likely N-dealkylation sites (tertiary alicyclic amines) is 1. The van der Waals surface area contributed by atoms with Crippen LogP contribution in [0.1, 0.15) is 23.2 Å². The molecular weight excluding hydrogens is 289 g/mol. The number of nitrogens with zero attached hydrogens (tertiary/aromatic N) is 2. The van der Waals surface area contributed by atoms with Gasteiger partial charge in [-0.2, -0.15) is 0 Å². The van der Waals surface area contributed by atoms with Crippen LogP contribution in [0.4, 0.5) is 0 Å². The fourth-order valence-corrected chi connectivity index (χ4v) is 2.33. The van der Waals surface area contributed by atoms with Gasteiger partial charge in [0, 0.05) is 32.3 Å². The van der Waals surface area contributed by atoms with Gasteiger partial charge in [0.2, 0.25) is 5.91 Å². The van der Waals surface area contributed by atoms with Crippen molar-refractivity contribution in [1.29, 1.82) is 0 Å². The molecule has 2 rings (SSSR count). The Morgan fingerprint density at radius 3 is 2.95 bits per heavy atom. The van der Waals surface area contributed by atoms with Crippen molar-refractivity contribution in [3.05, 3.63) is 28.0 Å². The molecule has 7 heteroatoms. The molecule has 1 aromatic rings. The third kappa shape index (κ3) is 3.36. The SMILES string of the molecule is CN1CC(NC(=O)c2cc(Cl)ncc2Cl)CCC1=O. The Bertz CT molecular complexity index is 522. The predicted molar refractivity (Wildman–Crippen MR) is 72.4 cm³/mol. The van der Waals surface area contributed by atoms with E-state index in [0.29, 0.717) is 24.9 Å². The maximum Gasteiger partial charge on any atom is 0.253 e. The summed E-state index contributed by atoms with van der Waals surface area (Å²) in [6, 6.07) is 1.36. The highest BCUT2D eigenvalue weighted by molar-refractivity contribution is 6.35. The number of pyridine rings is 1. The summed E-state index contributed by atoms with van der Waals surface area (Å²) in [5.74, 6) is -0.211. The van der Waals surface area contributed by atoms with Gasteiger partial charge in [-0.25, -0.2) is 4.98 Å². The van der Waals surface area contributed by atoms with Crippen LogP contribution in [0.3, 0.4) is 0 Å². The summed E-state index contributed by atoms with van der Waals surface area (Å²) in [6.45, 7) is 0.501. The zero-order chi connectivity index (χ0) is 14.0. The second-order valence-corrected chi connectivity index (χ2v) is 5.26. The smallest absolute Gasteiger partial charge is 0.253 e. The molecule has 2 heterocycles. The monoisotopic (exact) mass is 301 g/mol. The molecule has 2 amide bonds. The third-order valence-corrected chi connectivity index (χ3v) is 3.54. The minimum Gasteiger partial charge on any atom is -0.347 e. The van der Waals surface area contributed by atoms with Crippen LogP contribution >= 0.6 is 23.2 Å². The van der Waals surface area contributed by atoms with Gasteiger partial charge in [-0.3, -0.25) is 9.59 Å². The molecule has 5 nitrogen and oxygen atoms in total. The number of aromatic nitrogens is 1. The topological polar surface area (TPSA) is 62.3 Å². The normalized spacial score (nSPS) is 19.4. The molecule has 102 valence electrons. The Morgan fingerprint density at radius 2 is 2.26 bits per heavy atom. The van der Waals surface area contributed by atoms with Gasteiger partial charge >= 0.3 is 0 Å². The summed E-state index contributed by atoms with van der Waals surface area (Å²) >= 11 is 11.7. The number of halogens is 2. The van der Waals surface area contributed by atoms with Crippen molar-refractivity contribution in [1.82, 2.24) is 15.2 Å². The van der Waals surface area contributed by atoms with Crippen LogP contribution < -0.4 is 5.32 Å². The van der Waals surface area contributed by atoms with Crippen LogP contribution in [-0.4, -0.2) is 41.3 Å². The predicted octanol–water partition coefficient (Wildman–Crippen LogP) is 1.74. The molecule has 1 saturated heterocycles. The molecule has 1 unspecified atom stereocenters. The Hall–Kier alpha value is -1.33. The van der Waals surface area contributed by atoms with Crippen LogP contribution in [0.2, 0.25) is 10.2 Å². The van der Waals surface area contributed by atoms with Gasteiger partial charge in [0.05, 0.1) is 10.6 Å². The lowest BCUT2D eigenvalue weighted by molar-refractivity contribution is -0.132. The third-order valence-electron chi connectivity index (χ3n) is 3.03. The maximum absolute atomic E-state index is 12.1. The molecule has 0 aromatic carbocycles. The molecule has 1 atom stereocenters. The molecule has 1 aromatic heterocycles. The number of hydrogen-bond donors (Lipinski definition) is 1. The molecule has 1 aliphatic heterocycles. The first-order valence-electron chi connectivity index (χ1n) is 5.83. The van der Waals surface area contributed by atoms with Gasteiger partial charge in [0.25, 0.3) is 5.91 Å². The number of amides is 2. The second-order valence-electron chi connectivity index (χ2n) is 4.47. The zero-order valence-electron chi connectivity index (χ0n) is 10.3. The molecule has 0 saturated carbocycles. The number of carbonyl (C=O) groups excluding carboxylic acids is 2. The lowest BCUT2D eigenvalue weighted by atomic mass is 10.1. The largest absolute Gasteiger partial charge is 0.347 e. The van der Waals surface area contributed by atoms with Gasteiger partial charge in [-0.05, 0) is 12.5 Å². The lowest BCUT2D eigenvalue weighted by Gasteiger charge is -2.30. The molecule has 0 radical (unpaired) electrons. The van der Waals surface area contributed by atoms with Crippen LogP contribution in [0.15, 0.2) is 12.3 Å². The Labute approximate surface area is 120 Å². The molecule has 0 bridgehead atoms. The molecule has 1 aliphatic rings. The van der Waals surface area contributed by atoms with Crippen LogP contribution in [-0.2, 0) is 4.79 Å². The van der Waals surface area contributed by atoms with E-state index in [1.807, 2.05) is 0 Å². The first-order valence-corrected chi connectivity index (χ1v) is 6.59. The highest BCUT2D eigenvalue weighted by atomic mass is 35.5. The summed E-state index contributed by atoms with van der Waals surface area (Å²) in [7, 11) is 1.72. The first-order chi connectivity index (χ1) is 8.97. The van der Waals surface area contributed by atoms with E-state index < -0.39 is 0 Å². The number of hydrogen-bond acceptors (Lipinski definition) is 3. The fourth-order valence-electron chi connectivity index (χ4n) is 1.98. The summed E-state index contributed by atoms with van der Waals surface area (Å²) in [5, 5.41) is 3.32. The van der Waals surface area contributed by atoms with Crippen molar-refractivity contribution in [2.75, 3.05) is 13.6 Å². The number of piperidine rings is 1. The van der Waals surface area contributed by atoms with Crippen molar-refractivity contribution in [2.24, 2.45) is 0 Å². The maximum atomic E-state index is 12.1. The Kier molecular flexibility index (Phi) is 4.27. The van der Waals surface area contributed by atoms with Crippen molar-refractivity contribution in [3.8, 4) is 0 Å². The minimum atomic E-state index is -0.304. The molecule has 1 fully saturated rings. The van der Waals surface area contributed by atoms with E-state index in [2.05, 4.69) is 10.3 Å². The average molecular weight is 302 g/mol. The van der Waals surface area contributed by atoms with Crippen molar-refractivity contribution in [3.63, 3.8) is 0 Å². The molecule has 1 N–H and O–H groups in total. The minimum absolute atomic E-state index is 0.0711. The van der Waals surface area contributed by atoms with Gasteiger partial charge in [-0.15, -0.1) is 0 Å². The van der Waals surface area contributed by atoms with Gasteiger partial charge < -0.3 is 10.2 Å². The van der Waals surface area contributed by atoms with Crippen LogP contribution in [0.5, 0.6) is 0 Å². The Morgan fingerprint density at radius 1 is 1.53 bits per heavy atom. The summed E-state index contributed by atoms with van der Waals surface area (Å²) < 4.78 is 0. The first kappa shape index (κ1) is 14.1. The van der Waals surface area contributed by atoms with E-state index in [9.17, 15) is 9.59 Å². The summed E-state index contributed by atoms with van der Waals surface area (Å²) in [4.78, 5) is 28.8. The van der Waals surface area contributed by atoms with E-state index in [4.69, 9.17) is 23.2 Å². The van der Waals surface area contributed by atoms with E-state index in [0.717, 1.165) is 0 Å². The number of nitrogens with one attached hydrogen (secondary N) is 1. The lowest BCUT2D eigenvalue weighted by Crippen LogP contribution is -2.48. The summed E-state index contributed by atoms with van der Waals surface area (Å²) in [5.41, 5.74) is 0.293. The van der Waals surface area contributed by atoms with Crippen molar-refractivity contribution in [2.45, 2.75) is 18.9 Å². The molecule has 0 aliphatic carbocycles. The number of carbonyl (C=O) groups is 2. The highest BCUT2D eigenvalue weighted by Crippen LogP contribution is 2.19. The highest BCUT2D eigenvalue weighted by Gasteiger charge is 2.25. The molecular formula is C12H13Cl2N3O2. The number of rotatable bonds is 2. The number of likely N-dealkylation sites (N-methyl/N-ethyl adjacent to an activating group) is 1. The standard InChI is InChI=1S/C12H13Cl2N3O2/c1-17-6-7(2-3-11(17)18)16-12(19)8-4-10(14)15-5-9(8)13/h4-5,7H,2-3,6H2,1H3,(H,16,19). The van der Waals surface area contributed by atoms with Crippen LogP contribution in [0, 0.1) is 0 Å². The van der Waals surface area contributed by atoms with E-state index in [-0.39, 0.29) is 28.0 Å². The van der Waals surface area contributed by atoms with E-state index >= 15 is 0 Å². The van der Waals surface area contributed by atoms with Crippen molar-refractivity contribution >= 4 is 35.0 Å². The van der Waals surface area contributed by atoms with E-state index in [1.54, 1.807) is 11.9 Å². The fraction of sp³-hybridized carbons (Fsp3) is 0.417. The zero-order valence-corrected chi connectivity index (χ0v) is 11.8. The molecule has 19 heavy (non-hydrogen) atoms. The van der Waals surface area contributed by atoms with Gasteiger partial charge in [-0.1, -0.05) is 23.2 Å². The summed E-state index contributed by atoms with van der Waals surface area (Å²) in [6.07, 6.45) is 2.41. The van der Waals surface area contributed by atoms with Gasteiger partial charge in [0.15, 0.2) is 0 Å². The average Bonchev–Trinajstić information content (AvgIpc) is 2.36. The van der Waals surface area contributed by atoms with E-state index in [1.165, 1.54) is 12.3 Å².